The van der Waals surface area contributed by atoms with E-state index in [0.717, 1.165) is 23.9 Å². The molecule has 0 atom stereocenters. The van der Waals surface area contributed by atoms with Gasteiger partial charge in [-0.3, -0.25) is 4.79 Å². The zero-order valence-electron chi connectivity index (χ0n) is 11.1. The van der Waals surface area contributed by atoms with Crippen molar-refractivity contribution in [3.63, 3.8) is 0 Å². The number of thioether (sulfide) groups is 1. The Balaban J connectivity index is 2.63. The molecule has 2 nitrogen and oxygen atoms in total. The number of amides is 1. The second kappa shape index (κ2) is 7.19. The quantitative estimate of drug-likeness (QED) is 0.851. The Bertz CT molecular complexity index is 379. The second-order valence-corrected chi connectivity index (χ2v) is 6.47. The fourth-order valence-electron chi connectivity index (χ4n) is 1.81. The highest BCUT2D eigenvalue weighted by Crippen LogP contribution is 2.29. The maximum absolute atomic E-state index is 12.0. The van der Waals surface area contributed by atoms with Crippen molar-refractivity contribution in [3.05, 3.63) is 34.3 Å². The van der Waals surface area contributed by atoms with Crippen LogP contribution in [0.3, 0.4) is 0 Å². The lowest BCUT2D eigenvalue weighted by Crippen LogP contribution is -2.39. The SMILES string of the molecule is CCC(CC)(CNC(=O)c1ccc(Br)cc1)SC. The molecule has 4 heteroatoms. The molecule has 0 saturated carbocycles. The molecule has 0 radical (unpaired) electrons. The van der Waals surface area contributed by atoms with Gasteiger partial charge in [-0.15, -0.1) is 0 Å². The third-order valence-electron chi connectivity index (χ3n) is 3.40. The topological polar surface area (TPSA) is 29.1 Å². The maximum Gasteiger partial charge on any atom is 0.251 e. The number of hydrogen-bond acceptors (Lipinski definition) is 2. The van der Waals surface area contributed by atoms with Crippen LogP contribution in [0.4, 0.5) is 0 Å². The molecule has 1 aromatic carbocycles. The van der Waals surface area contributed by atoms with Gasteiger partial charge in [0.2, 0.25) is 0 Å². The summed E-state index contributed by atoms with van der Waals surface area (Å²) < 4.78 is 1.14. The van der Waals surface area contributed by atoms with Crippen LogP contribution in [-0.4, -0.2) is 23.5 Å². The van der Waals surface area contributed by atoms with Crippen molar-refractivity contribution < 1.29 is 4.79 Å². The van der Waals surface area contributed by atoms with E-state index < -0.39 is 0 Å². The Morgan fingerprint density at radius 2 is 1.83 bits per heavy atom. The molecule has 1 aromatic rings. The lowest BCUT2D eigenvalue weighted by Gasteiger charge is -2.29. The van der Waals surface area contributed by atoms with Crippen molar-refractivity contribution in [1.82, 2.24) is 5.32 Å². The van der Waals surface area contributed by atoms with Crippen LogP contribution in [0.25, 0.3) is 0 Å². The van der Waals surface area contributed by atoms with Crippen molar-refractivity contribution in [2.24, 2.45) is 0 Å². The Hall–Kier alpha value is -0.480. The number of carbonyl (C=O) groups excluding carboxylic acids is 1. The zero-order chi connectivity index (χ0) is 13.6. The van der Waals surface area contributed by atoms with Crippen molar-refractivity contribution in [3.8, 4) is 0 Å². The molecule has 1 N–H and O–H groups in total. The molecule has 0 aliphatic carbocycles. The molecular formula is C14H20BrNOS. The average molecular weight is 330 g/mol. The molecule has 1 amide bonds. The minimum absolute atomic E-state index is 0.00262. The van der Waals surface area contributed by atoms with Gasteiger partial charge in [0.15, 0.2) is 0 Å². The summed E-state index contributed by atoms with van der Waals surface area (Å²) in [5.41, 5.74) is 0.709. The van der Waals surface area contributed by atoms with Crippen molar-refractivity contribution in [1.29, 1.82) is 0 Å². The van der Waals surface area contributed by atoms with Gasteiger partial charge in [0, 0.05) is 21.3 Å². The van der Waals surface area contributed by atoms with Crippen LogP contribution in [0.2, 0.25) is 0 Å². The highest BCUT2D eigenvalue weighted by Gasteiger charge is 2.25. The molecule has 18 heavy (non-hydrogen) atoms. The number of halogens is 1. The molecule has 0 saturated heterocycles. The van der Waals surface area contributed by atoms with Gasteiger partial charge in [-0.2, -0.15) is 11.8 Å². The zero-order valence-corrected chi connectivity index (χ0v) is 13.5. The first-order valence-electron chi connectivity index (χ1n) is 6.16. The highest BCUT2D eigenvalue weighted by atomic mass is 79.9. The predicted molar refractivity (Wildman–Crippen MR) is 83.3 cm³/mol. The summed E-state index contributed by atoms with van der Waals surface area (Å²) in [5, 5.41) is 3.04. The van der Waals surface area contributed by atoms with Crippen LogP contribution in [-0.2, 0) is 0 Å². The first-order valence-corrected chi connectivity index (χ1v) is 8.17. The molecule has 0 bridgehead atoms. The van der Waals surface area contributed by atoms with Crippen LogP contribution in [0, 0.1) is 0 Å². The Morgan fingerprint density at radius 3 is 2.28 bits per heavy atom. The standard InChI is InChI=1S/C14H20BrNOS/c1-4-14(5-2,18-3)10-16-13(17)11-6-8-12(15)9-7-11/h6-9H,4-5,10H2,1-3H3,(H,16,17). The molecule has 0 fully saturated rings. The van der Waals surface area contributed by atoms with Gasteiger partial charge in [0.05, 0.1) is 0 Å². The van der Waals surface area contributed by atoms with Crippen molar-refractivity contribution in [2.75, 3.05) is 12.8 Å². The van der Waals surface area contributed by atoms with Gasteiger partial charge in [-0.05, 0) is 43.4 Å². The van der Waals surface area contributed by atoms with E-state index in [0.29, 0.717) is 5.56 Å². The summed E-state index contributed by atoms with van der Waals surface area (Å²) in [4.78, 5) is 12.0. The Kier molecular flexibility index (Phi) is 6.22. The van der Waals surface area contributed by atoms with Crippen LogP contribution in [0.5, 0.6) is 0 Å². The second-order valence-electron chi connectivity index (χ2n) is 4.28. The smallest absolute Gasteiger partial charge is 0.251 e. The molecule has 0 unspecified atom stereocenters. The van der Waals surface area contributed by atoms with E-state index in [4.69, 9.17) is 0 Å². The summed E-state index contributed by atoms with van der Waals surface area (Å²) in [6, 6.07) is 7.43. The van der Waals surface area contributed by atoms with Gasteiger partial charge in [0.25, 0.3) is 5.91 Å². The predicted octanol–water partition coefficient (Wildman–Crippen LogP) is 4.10. The number of benzene rings is 1. The van der Waals surface area contributed by atoms with Gasteiger partial charge < -0.3 is 5.32 Å². The summed E-state index contributed by atoms with van der Waals surface area (Å²) >= 11 is 5.20. The normalized spacial score (nSPS) is 11.3. The van der Waals surface area contributed by atoms with Gasteiger partial charge in [-0.25, -0.2) is 0 Å². The average Bonchev–Trinajstić information content (AvgIpc) is 2.41. The number of carbonyl (C=O) groups is 1. The van der Waals surface area contributed by atoms with E-state index >= 15 is 0 Å². The van der Waals surface area contributed by atoms with Crippen LogP contribution in [0.15, 0.2) is 28.7 Å². The summed E-state index contributed by atoms with van der Waals surface area (Å²) in [6.07, 6.45) is 4.23. The van der Waals surface area contributed by atoms with E-state index in [1.54, 1.807) is 0 Å². The van der Waals surface area contributed by atoms with Crippen molar-refractivity contribution in [2.45, 2.75) is 31.4 Å². The first-order chi connectivity index (χ1) is 8.56. The van der Waals surface area contributed by atoms with Gasteiger partial charge in [-0.1, -0.05) is 29.8 Å². The minimum Gasteiger partial charge on any atom is -0.351 e. The lowest BCUT2D eigenvalue weighted by atomic mass is 10.0. The molecule has 100 valence electrons. The monoisotopic (exact) mass is 329 g/mol. The first kappa shape index (κ1) is 15.6. The highest BCUT2D eigenvalue weighted by molar-refractivity contribution is 9.10. The van der Waals surface area contributed by atoms with E-state index in [1.807, 2.05) is 36.0 Å². The molecule has 0 spiro atoms. The van der Waals surface area contributed by atoms with E-state index in [-0.39, 0.29) is 10.7 Å². The molecule has 0 aliphatic rings. The third kappa shape index (κ3) is 4.02. The molecular weight excluding hydrogens is 310 g/mol. The molecule has 0 aromatic heterocycles. The van der Waals surface area contributed by atoms with Crippen molar-refractivity contribution >= 4 is 33.6 Å². The maximum atomic E-state index is 12.0. The Labute approximate surface area is 122 Å². The Morgan fingerprint density at radius 1 is 1.28 bits per heavy atom. The minimum atomic E-state index is 0.00262. The summed E-state index contributed by atoms with van der Waals surface area (Å²) in [5.74, 6) is 0.00262. The fourth-order valence-corrected chi connectivity index (χ4v) is 2.86. The van der Waals surface area contributed by atoms with E-state index in [1.165, 1.54) is 0 Å². The molecule has 1 rings (SSSR count). The largest absolute Gasteiger partial charge is 0.351 e. The summed E-state index contributed by atoms with van der Waals surface area (Å²) in [7, 11) is 0. The number of hydrogen-bond donors (Lipinski definition) is 1. The van der Waals surface area contributed by atoms with Crippen LogP contribution >= 0.6 is 27.7 Å². The lowest BCUT2D eigenvalue weighted by molar-refractivity contribution is 0.0949. The van der Waals surface area contributed by atoms with Crippen LogP contribution < -0.4 is 5.32 Å². The van der Waals surface area contributed by atoms with Gasteiger partial charge in [0.1, 0.15) is 0 Å². The number of rotatable bonds is 6. The third-order valence-corrected chi connectivity index (χ3v) is 5.52. The van der Waals surface area contributed by atoms with Gasteiger partial charge >= 0.3 is 0 Å². The van der Waals surface area contributed by atoms with E-state index in [2.05, 4.69) is 41.3 Å². The van der Waals surface area contributed by atoms with E-state index in [9.17, 15) is 4.79 Å². The van der Waals surface area contributed by atoms with Crippen LogP contribution in [0.1, 0.15) is 37.0 Å². The molecule has 0 aliphatic heterocycles. The summed E-state index contributed by atoms with van der Waals surface area (Å²) in [6.45, 7) is 5.06. The number of nitrogens with one attached hydrogen (secondary N) is 1. The fraction of sp³-hybridized carbons (Fsp3) is 0.500. The molecule has 0 heterocycles.